The SMILES string of the molecule is CC.CN.CN(C)C.CN1CCN(c2nc3ccccc3c(NCCOCCO)c2[N+](=O)[O-])CC1. The van der Waals surface area contributed by atoms with Gasteiger partial charge in [-0.3, -0.25) is 10.1 Å². The van der Waals surface area contributed by atoms with Gasteiger partial charge in [-0.05, 0) is 41.3 Å². The third-order valence-electron chi connectivity index (χ3n) is 4.62. The number of fused-ring (bicyclic) bond motifs is 1. The number of nitrogens with one attached hydrogen (secondary N) is 1. The minimum atomic E-state index is -0.357. The van der Waals surface area contributed by atoms with Gasteiger partial charge in [0, 0.05) is 38.1 Å². The highest BCUT2D eigenvalue weighted by molar-refractivity contribution is 5.99. The van der Waals surface area contributed by atoms with Gasteiger partial charge >= 0.3 is 5.69 Å². The zero-order chi connectivity index (χ0) is 26.8. The number of nitrogens with two attached hydrogens (primary N) is 1. The second-order valence-electron chi connectivity index (χ2n) is 7.83. The molecule has 0 unspecified atom stereocenters. The summed E-state index contributed by atoms with van der Waals surface area (Å²) in [4.78, 5) is 22.4. The predicted octanol–water partition coefficient (Wildman–Crippen LogP) is 2.09. The summed E-state index contributed by atoms with van der Waals surface area (Å²) >= 11 is 0. The molecule has 4 N–H and O–H groups in total. The molecule has 1 fully saturated rings. The first-order chi connectivity index (χ1) is 16.8. The first kappa shape index (κ1) is 32.4. The van der Waals surface area contributed by atoms with Crippen LogP contribution in [0.3, 0.4) is 0 Å². The molecule has 1 aliphatic rings. The molecule has 35 heavy (non-hydrogen) atoms. The van der Waals surface area contributed by atoms with Crippen LogP contribution in [0.1, 0.15) is 13.8 Å². The molecule has 2 aromatic rings. The van der Waals surface area contributed by atoms with Crippen LogP contribution in [0.15, 0.2) is 24.3 Å². The molecule has 0 radical (unpaired) electrons. The summed E-state index contributed by atoms with van der Waals surface area (Å²) in [5, 5.41) is 24.6. The molecule has 0 aliphatic carbocycles. The number of nitro groups is 1. The van der Waals surface area contributed by atoms with Crippen LogP contribution >= 0.6 is 0 Å². The molecule has 0 amide bonds. The summed E-state index contributed by atoms with van der Waals surface area (Å²) in [6.45, 7) is 8.00. The molecular formula is C24H45N7O4. The maximum atomic E-state index is 12.0. The summed E-state index contributed by atoms with van der Waals surface area (Å²) < 4.78 is 5.26. The zero-order valence-electron chi connectivity index (χ0n) is 22.5. The number of aliphatic hydroxyl groups is 1. The number of rotatable bonds is 8. The highest BCUT2D eigenvalue weighted by atomic mass is 16.6. The van der Waals surface area contributed by atoms with E-state index in [4.69, 9.17) is 9.84 Å². The van der Waals surface area contributed by atoms with Gasteiger partial charge < -0.3 is 35.6 Å². The summed E-state index contributed by atoms with van der Waals surface area (Å²) in [6.07, 6.45) is 0. The molecule has 1 aromatic carbocycles. The quantitative estimate of drug-likeness (QED) is 0.284. The van der Waals surface area contributed by atoms with Crippen LogP contribution in [0, 0.1) is 10.1 Å². The van der Waals surface area contributed by atoms with Crippen molar-refractivity contribution in [3.63, 3.8) is 0 Å². The second-order valence-corrected chi connectivity index (χ2v) is 7.83. The van der Waals surface area contributed by atoms with E-state index < -0.39 is 0 Å². The van der Waals surface area contributed by atoms with E-state index in [2.05, 4.69) is 20.9 Å². The third-order valence-corrected chi connectivity index (χ3v) is 4.62. The Balaban J connectivity index is 0.00000129. The Morgan fingerprint density at radius 3 is 2.26 bits per heavy atom. The standard InChI is InChI=1S/C18H25N5O4.C3H9N.C2H6.CH5N/c1-21-7-9-22(10-8-21)18-17(23(25)26)16(19-6-12-27-13-11-24)14-4-2-3-5-15(14)20-18;1-4(2)3;2*1-2/h2-5,24H,6-13H2,1H3,(H,19,20);1-3H3;1-2H3;2H2,1H3. The summed E-state index contributed by atoms with van der Waals surface area (Å²) in [5.41, 5.74) is 5.68. The molecule has 0 spiro atoms. The van der Waals surface area contributed by atoms with Gasteiger partial charge in [0.05, 0.1) is 30.3 Å². The van der Waals surface area contributed by atoms with Crippen molar-refractivity contribution >= 4 is 28.1 Å². The lowest BCUT2D eigenvalue weighted by atomic mass is 10.1. The Morgan fingerprint density at radius 2 is 1.71 bits per heavy atom. The van der Waals surface area contributed by atoms with Crippen molar-refractivity contribution in [2.24, 2.45) is 5.73 Å². The average molecular weight is 496 g/mol. The van der Waals surface area contributed by atoms with Crippen LogP contribution in [0.25, 0.3) is 10.9 Å². The second kappa shape index (κ2) is 18.7. The van der Waals surface area contributed by atoms with Crippen molar-refractivity contribution < 1.29 is 14.8 Å². The minimum Gasteiger partial charge on any atom is -0.394 e. The van der Waals surface area contributed by atoms with Gasteiger partial charge in [0.2, 0.25) is 5.82 Å². The fourth-order valence-electron chi connectivity index (χ4n) is 3.19. The van der Waals surface area contributed by atoms with Crippen LogP contribution in [0.5, 0.6) is 0 Å². The van der Waals surface area contributed by atoms with Gasteiger partial charge in [0.25, 0.3) is 0 Å². The van der Waals surface area contributed by atoms with Gasteiger partial charge in [0.1, 0.15) is 5.69 Å². The van der Waals surface area contributed by atoms with Crippen LogP contribution in [0.4, 0.5) is 17.2 Å². The number of pyridine rings is 1. The number of nitrogens with zero attached hydrogens (tertiary/aromatic N) is 5. The van der Waals surface area contributed by atoms with Crippen molar-refractivity contribution in [1.82, 2.24) is 14.8 Å². The van der Waals surface area contributed by atoms with E-state index in [9.17, 15) is 10.1 Å². The molecular weight excluding hydrogens is 450 g/mol. The van der Waals surface area contributed by atoms with Crippen molar-refractivity contribution in [3.8, 4) is 0 Å². The first-order valence-electron chi connectivity index (χ1n) is 12.0. The number of ether oxygens (including phenoxy) is 1. The van der Waals surface area contributed by atoms with Crippen LogP contribution in [0.2, 0.25) is 0 Å². The average Bonchev–Trinajstić information content (AvgIpc) is 2.86. The number of aromatic nitrogens is 1. The van der Waals surface area contributed by atoms with E-state index in [1.54, 1.807) is 0 Å². The molecule has 200 valence electrons. The number of benzene rings is 1. The van der Waals surface area contributed by atoms with E-state index >= 15 is 0 Å². The van der Waals surface area contributed by atoms with Crippen LogP contribution < -0.4 is 16.0 Å². The lowest BCUT2D eigenvalue weighted by molar-refractivity contribution is -0.383. The maximum Gasteiger partial charge on any atom is 0.335 e. The molecule has 2 heterocycles. The van der Waals surface area contributed by atoms with Crippen molar-refractivity contribution in [3.05, 3.63) is 34.4 Å². The fourth-order valence-corrected chi connectivity index (χ4v) is 3.19. The Labute approximate surface area is 210 Å². The van der Waals surface area contributed by atoms with E-state index in [1.807, 2.05) is 76.1 Å². The number of hydrogen-bond donors (Lipinski definition) is 3. The lowest BCUT2D eigenvalue weighted by Crippen LogP contribution is -2.45. The molecule has 1 aliphatic heterocycles. The van der Waals surface area contributed by atoms with Gasteiger partial charge in [0.15, 0.2) is 0 Å². The summed E-state index contributed by atoms with van der Waals surface area (Å²) in [7, 11) is 9.54. The Bertz CT molecular complexity index is 841. The number of likely N-dealkylation sites (N-methyl/N-ethyl adjacent to an activating group) is 1. The third kappa shape index (κ3) is 11.1. The monoisotopic (exact) mass is 495 g/mol. The number of para-hydroxylation sites is 1. The van der Waals surface area contributed by atoms with Gasteiger partial charge in [-0.25, -0.2) is 4.98 Å². The zero-order valence-corrected chi connectivity index (χ0v) is 22.5. The Kier molecular flexibility index (Phi) is 17.3. The first-order valence-corrected chi connectivity index (χ1v) is 12.0. The van der Waals surface area contributed by atoms with Crippen LogP contribution in [-0.4, -0.2) is 113 Å². The molecule has 3 rings (SSSR count). The molecule has 1 aromatic heterocycles. The minimum absolute atomic E-state index is 0.000381. The van der Waals surface area contributed by atoms with Gasteiger partial charge in [-0.1, -0.05) is 32.0 Å². The Hall–Kier alpha value is -2.57. The molecule has 11 heteroatoms. The van der Waals surface area contributed by atoms with Gasteiger partial charge in [-0.15, -0.1) is 0 Å². The molecule has 11 nitrogen and oxygen atoms in total. The molecule has 1 saturated heterocycles. The summed E-state index contributed by atoms with van der Waals surface area (Å²) in [5.74, 6) is 0.408. The smallest absolute Gasteiger partial charge is 0.335 e. The largest absolute Gasteiger partial charge is 0.394 e. The molecule has 0 atom stereocenters. The van der Waals surface area contributed by atoms with Crippen LogP contribution in [-0.2, 0) is 4.74 Å². The highest BCUT2D eigenvalue weighted by Crippen LogP contribution is 2.39. The number of piperazine rings is 1. The predicted molar refractivity (Wildman–Crippen MR) is 146 cm³/mol. The Morgan fingerprint density at radius 1 is 1.14 bits per heavy atom. The van der Waals surface area contributed by atoms with E-state index in [0.29, 0.717) is 43.1 Å². The number of hydrogen-bond acceptors (Lipinski definition) is 10. The van der Waals surface area contributed by atoms with Gasteiger partial charge in [-0.2, -0.15) is 0 Å². The normalized spacial score (nSPS) is 13.1. The number of aliphatic hydroxyl groups excluding tert-OH is 1. The van der Waals surface area contributed by atoms with Crippen molar-refractivity contribution in [1.29, 1.82) is 0 Å². The van der Waals surface area contributed by atoms with E-state index in [0.717, 1.165) is 18.6 Å². The number of anilines is 2. The van der Waals surface area contributed by atoms with Crippen molar-refractivity contribution in [2.45, 2.75) is 13.8 Å². The van der Waals surface area contributed by atoms with E-state index in [1.165, 1.54) is 7.05 Å². The maximum absolute atomic E-state index is 12.0. The fraction of sp³-hybridized carbons (Fsp3) is 0.625. The topological polar surface area (TPSA) is 133 Å². The lowest BCUT2D eigenvalue weighted by Gasteiger charge is -2.33. The summed E-state index contributed by atoms with van der Waals surface area (Å²) in [6, 6.07) is 7.42. The molecule has 0 bridgehead atoms. The van der Waals surface area contributed by atoms with E-state index in [-0.39, 0.29) is 23.8 Å². The van der Waals surface area contributed by atoms with Crippen molar-refractivity contribution in [2.75, 3.05) is 98.0 Å². The molecule has 0 saturated carbocycles. The highest BCUT2D eigenvalue weighted by Gasteiger charge is 2.29.